The summed E-state index contributed by atoms with van der Waals surface area (Å²) in [6, 6.07) is 0.769. The third-order valence-corrected chi connectivity index (χ3v) is 2.70. The molecular weight excluding hydrogens is 150 g/mol. The molecule has 2 nitrogen and oxygen atoms in total. The molecule has 1 aliphatic heterocycles. The van der Waals surface area contributed by atoms with Crippen molar-refractivity contribution in [1.29, 1.82) is 0 Å². The third-order valence-electron chi connectivity index (χ3n) is 2.70. The van der Waals surface area contributed by atoms with E-state index in [0.717, 1.165) is 18.6 Å². The van der Waals surface area contributed by atoms with Crippen molar-refractivity contribution in [1.82, 2.24) is 4.90 Å². The van der Waals surface area contributed by atoms with E-state index in [1.807, 2.05) is 0 Å². The van der Waals surface area contributed by atoms with Gasteiger partial charge in [0.15, 0.2) is 0 Å². The Morgan fingerprint density at radius 2 is 2.25 bits per heavy atom. The first-order chi connectivity index (χ1) is 5.77. The minimum absolute atomic E-state index is 0.769. The minimum Gasteiger partial charge on any atom is -0.384 e. The molecule has 2 heteroatoms. The lowest BCUT2D eigenvalue weighted by Gasteiger charge is -2.19. The van der Waals surface area contributed by atoms with Gasteiger partial charge in [-0.25, -0.2) is 0 Å². The number of hydrogen-bond acceptors (Lipinski definition) is 2. The average Bonchev–Trinajstić information content (AvgIpc) is 2.34. The molecule has 72 valence electrons. The molecule has 1 unspecified atom stereocenters. The first-order valence-electron chi connectivity index (χ1n) is 5.01. The second kappa shape index (κ2) is 4.83. The summed E-state index contributed by atoms with van der Waals surface area (Å²) in [6.07, 6.45) is 2.58. The van der Waals surface area contributed by atoms with Crippen molar-refractivity contribution >= 4 is 0 Å². The normalized spacial score (nSPS) is 31.2. The number of rotatable bonds is 4. The van der Waals surface area contributed by atoms with Crippen molar-refractivity contribution < 1.29 is 4.74 Å². The maximum atomic E-state index is 5.17. The van der Waals surface area contributed by atoms with Crippen LogP contribution in [-0.4, -0.2) is 37.7 Å². The predicted molar refractivity (Wildman–Crippen MR) is 51.3 cm³/mol. The van der Waals surface area contributed by atoms with Crippen LogP contribution in [0.2, 0.25) is 0 Å². The van der Waals surface area contributed by atoms with E-state index in [-0.39, 0.29) is 0 Å². The Labute approximate surface area is 75.9 Å². The molecule has 0 saturated carbocycles. The highest BCUT2D eigenvalue weighted by Gasteiger charge is 2.27. The fourth-order valence-corrected chi connectivity index (χ4v) is 2.17. The molecule has 0 aromatic rings. The molecule has 2 atom stereocenters. The first kappa shape index (κ1) is 10.0. The van der Waals surface area contributed by atoms with Gasteiger partial charge in [0, 0.05) is 19.7 Å². The van der Waals surface area contributed by atoms with Gasteiger partial charge in [0.2, 0.25) is 0 Å². The first-order valence-corrected chi connectivity index (χ1v) is 5.01. The number of hydrogen-bond donors (Lipinski definition) is 0. The fourth-order valence-electron chi connectivity index (χ4n) is 2.17. The predicted octanol–water partition coefficient (Wildman–Crippen LogP) is 1.75. The zero-order valence-corrected chi connectivity index (χ0v) is 8.55. The van der Waals surface area contributed by atoms with Crippen LogP contribution in [0.3, 0.4) is 0 Å². The molecule has 0 N–H and O–H groups in total. The Morgan fingerprint density at radius 1 is 1.50 bits per heavy atom. The molecule has 0 amide bonds. The zero-order valence-electron chi connectivity index (χ0n) is 8.55. The van der Waals surface area contributed by atoms with Crippen LogP contribution in [0.4, 0.5) is 0 Å². The Balaban J connectivity index is 2.29. The fraction of sp³-hybridized carbons (Fsp3) is 1.00. The summed E-state index contributed by atoms with van der Waals surface area (Å²) < 4.78 is 5.17. The van der Waals surface area contributed by atoms with Gasteiger partial charge in [-0.05, 0) is 32.2 Å². The molecule has 1 fully saturated rings. The molecule has 1 aliphatic rings. The van der Waals surface area contributed by atoms with Crippen LogP contribution in [-0.2, 0) is 4.74 Å². The number of nitrogens with zero attached hydrogens (tertiary/aromatic N) is 1. The van der Waals surface area contributed by atoms with E-state index in [9.17, 15) is 0 Å². The van der Waals surface area contributed by atoms with Crippen molar-refractivity contribution in [2.75, 3.05) is 26.8 Å². The standard InChI is InChI=1S/C10H21NO/c1-4-5-11-7-10(8-12-3)6-9(11)2/h9-10H,4-8H2,1-3H3/t9-,10?/m1/s1. The van der Waals surface area contributed by atoms with Crippen molar-refractivity contribution in [3.63, 3.8) is 0 Å². The summed E-state index contributed by atoms with van der Waals surface area (Å²) in [5.41, 5.74) is 0. The van der Waals surface area contributed by atoms with Crippen LogP contribution >= 0.6 is 0 Å². The van der Waals surface area contributed by atoms with E-state index >= 15 is 0 Å². The Morgan fingerprint density at radius 3 is 2.83 bits per heavy atom. The third kappa shape index (κ3) is 2.46. The van der Waals surface area contributed by atoms with Gasteiger partial charge >= 0.3 is 0 Å². The van der Waals surface area contributed by atoms with E-state index in [1.54, 1.807) is 7.11 Å². The summed E-state index contributed by atoms with van der Waals surface area (Å²) in [5.74, 6) is 0.775. The van der Waals surface area contributed by atoms with Gasteiger partial charge in [-0.3, -0.25) is 0 Å². The molecule has 0 radical (unpaired) electrons. The summed E-state index contributed by atoms with van der Waals surface area (Å²) in [7, 11) is 1.80. The molecule has 12 heavy (non-hydrogen) atoms. The smallest absolute Gasteiger partial charge is 0.0503 e. The number of methoxy groups -OCH3 is 1. The van der Waals surface area contributed by atoms with E-state index in [1.165, 1.54) is 25.9 Å². The van der Waals surface area contributed by atoms with E-state index in [2.05, 4.69) is 18.7 Å². The molecule has 0 aromatic heterocycles. The Hall–Kier alpha value is -0.0800. The quantitative estimate of drug-likeness (QED) is 0.639. The highest BCUT2D eigenvalue weighted by atomic mass is 16.5. The molecule has 1 saturated heterocycles. The van der Waals surface area contributed by atoms with Crippen molar-refractivity contribution in [2.45, 2.75) is 32.7 Å². The summed E-state index contributed by atoms with van der Waals surface area (Å²) in [4.78, 5) is 2.57. The van der Waals surface area contributed by atoms with Crippen molar-refractivity contribution in [3.8, 4) is 0 Å². The molecular formula is C10H21NO. The van der Waals surface area contributed by atoms with Gasteiger partial charge in [0.25, 0.3) is 0 Å². The van der Waals surface area contributed by atoms with Crippen molar-refractivity contribution in [3.05, 3.63) is 0 Å². The van der Waals surface area contributed by atoms with Gasteiger partial charge in [-0.15, -0.1) is 0 Å². The van der Waals surface area contributed by atoms with Crippen LogP contribution in [0, 0.1) is 5.92 Å². The maximum absolute atomic E-state index is 5.17. The summed E-state index contributed by atoms with van der Waals surface area (Å²) in [5, 5.41) is 0. The van der Waals surface area contributed by atoms with Gasteiger partial charge < -0.3 is 9.64 Å². The number of ether oxygens (including phenoxy) is 1. The lowest BCUT2D eigenvalue weighted by atomic mass is 10.1. The lowest BCUT2D eigenvalue weighted by Crippen LogP contribution is -2.28. The molecule has 0 bridgehead atoms. The second-order valence-corrected chi connectivity index (χ2v) is 3.90. The largest absolute Gasteiger partial charge is 0.384 e. The van der Waals surface area contributed by atoms with Crippen LogP contribution in [0.25, 0.3) is 0 Å². The molecule has 0 aliphatic carbocycles. The maximum Gasteiger partial charge on any atom is 0.0503 e. The van der Waals surface area contributed by atoms with E-state index in [0.29, 0.717) is 0 Å². The lowest BCUT2D eigenvalue weighted by molar-refractivity contribution is 0.153. The van der Waals surface area contributed by atoms with Gasteiger partial charge in [0.1, 0.15) is 0 Å². The van der Waals surface area contributed by atoms with Gasteiger partial charge in [0.05, 0.1) is 6.61 Å². The summed E-state index contributed by atoms with van der Waals surface area (Å²) >= 11 is 0. The molecule has 1 rings (SSSR count). The van der Waals surface area contributed by atoms with E-state index < -0.39 is 0 Å². The van der Waals surface area contributed by atoms with Crippen LogP contribution in [0.5, 0.6) is 0 Å². The molecule has 0 spiro atoms. The molecule has 0 aromatic carbocycles. The van der Waals surface area contributed by atoms with Gasteiger partial charge in [-0.2, -0.15) is 0 Å². The highest BCUT2D eigenvalue weighted by Crippen LogP contribution is 2.22. The summed E-state index contributed by atoms with van der Waals surface area (Å²) in [6.45, 7) is 8.00. The average molecular weight is 171 g/mol. The van der Waals surface area contributed by atoms with E-state index in [4.69, 9.17) is 4.74 Å². The second-order valence-electron chi connectivity index (χ2n) is 3.90. The van der Waals surface area contributed by atoms with Crippen molar-refractivity contribution in [2.24, 2.45) is 5.92 Å². The molecule has 1 heterocycles. The highest BCUT2D eigenvalue weighted by molar-refractivity contribution is 4.81. The SMILES string of the molecule is CCCN1CC(COC)C[C@H]1C. The van der Waals surface area contributed by atoms with Gasteiger partial charge in [-0.1, -0.05) is 6.92 Å². The number of likely N-dealkylation sites (tertiary alicyclic amines) is 1. The van der Waals surface area contributed by atoms with Crippen LogP contribution < -0.4 is 0 Å². The van der Waals surface area contributed by atoms with Crippen LogP contribution in [0.1, 0.15) is 26.7 Å². The minimum atomic E-state index is 0.769. The monoisotopic (exact) mass is 171 g/mol. The Bertz CT molecular complexity index is 127. The van der Waals surface area contributed by atoms with Crippen LogP contribution in [0.15, 0.2) is 0 Å². The topological polar surface area (TPSA) is 12.5 Å². The zero-order chi connectivity index (χ0) is 8.97. The Kier molecular flexibility index (Phi) is 4.02.